The van der Waals surface area contributed by atoms with E-state index >= 15 is 0 Å². The van der Waals surface area contributed by atoms with Crippen LogP contribution in [0.5, 0.6) is 0 Å². The van der Waals surface area contributed by atoms with Gasteiger partial charge in [0.15, 0.2) is 5.82 Å². The summed E-state index contributed by atoms with van der Waals surface area (Å²) >= 11 is 12.3. The van der Waals surface area contributed by atoms with Crippen molar-refractivity contribution >= 4 is 40.6 Å². The first-order chi connectivity index (χ1) is 12.6. The van der Waals surface area contributed by atoms with E-state index in [0.717, 1.165) is 24.2 Å². The zero-order valence-electron chi connectivity index (χ0n) is 13.8. The lowest BCUT2D eigenvalue weighted by molar-refractivity contribution is -0.115. The van der Waals surface area contributed by atoms with Gasteiger partial charge in [-0.2, -0.15) is 5.10 Å². The Kier molecular flexibility index (Phi) is 4.57. The molecule has 4 rings (SSSR count). The average Bonchev–Trinajstić information content (AvgIpc) is 3.25. The second-order valence-electron chi connectivity index (χ2n) is 6.12. The number of amides is 1. The summed E-state index contributed by atoms with van der Waals surface area (Å²) in [6.07, 6.45) is 0.962. The minimum Gasteiger partial charge on any atom is -0.362 e. The number of benzene rings is 2. The van der Waals surface area contributed by atoms with Crippen molar-refractivity contribution in [2.75, 3.05) is 23.3 Å². The molecule has 0 aliphatic carbocycles. The number of halogens is 2. The number of nitrogens with one attached hydrogen (secondary N) is 2. The molecule has 132 valence electrons. The standard InChI is InChI=1S/C19H16Cl2N4O/c20-14-6-3-5-13(19(14)21)15-10-17(24-23-15)22-18(26)11-25-9-8-12-4-1-2-7-16(12)25/h1-7,10H,8-9,11H2,(H2,22,23,24,26). The minimum absolute atomic E-state index is 0.114. The highest BCUT2D eigenvalue weighted by Gasteiger charge is 2.21. The zero-order chi connectivity index (χ0) is 18.1. The molecule has 0 spiro atoms. The molecule has 2 heterocycles. The third kappa shape index (κ3) is 3.28. The van der Waals surface area contributed by atoms with Crippen molar-refractivity contribution in [3.8, 4) is 11.3 Å². The van der Waals surface area contributed by atoms with Crippen molar-refractivity contribution in [3.05, 3.63) is 64.1 Å². The normalized spacial score (nSPS) is 12.9. The highest BCUT2D eigenvalue weighted by atomic mass is 35.5. The van der Waals surface area contributed by atoms with E-state index in [9.17, 15) is 4.79 Å². The van der Waals surface area contributed by atoms with Gasteiger partial charge in [-0.25, -0.2) is 0 Å². The quantitative estimate of drug-likeness (QED) is 0.698. The van der Waals surface area contributed by atoms with Crippen LogP contribution < -0.4 is 10.2 Å². The Balaban J connectivity index is 1.45. The highest BCUT2D eigenvalue weighted by Crippen LogP contribution is 2.33. The number of aromatic amines is 1. The molecule has 0 saturated carbocycles. The number of hydrogen-bond acceptors (Lipinski definition) is 3. The van der Waals surface area contributed by atoms with Crippen LogP contribution in [0.25, 0.3) is 11.3 Å². The number of rotatable bonds is 4. The Morgan fingerprint density at radius 2 is 2.04 bits per heavy atom. The monoisotopic (exact) mass is 386 g/mol. The second kappa shape index (κ2) is 7.02. The van der Waals surface area contributed by atoms with Crippen LogP contribution in [0.4, 0.5) is 11.5 Å². The van der Waals surface area contributed by atoms with Gasteiger partial charge in [0, 0.05) is 23.9 Å². The van der Waals surface area contributed by atoms with Gasteiger partial charge in [-0.05, 0) is 24.1 Å². The van der Waals surface area contributed by atoms with Crippen molar-refractivity contribution in [1.82, 2.24) is 10.2 Å². The number of H-pyrrole nitrogens is 1. The lowest BCUT2D eigenvalue weighted by atomic mass is 10.1. The number of para-hydroxylation sites is 1. The summed E-state index contributed by atoms with van der Waals surface area (Å²) in [7, 11) is 0. The van der Waals surface area contributed by atoms with Crippen molar-refractivity contribution in [3.63, 3.8) is 0 Å². The lowest BCUT2D eigenvalue weighted by Crippen LogP contribution is -2.31. The maximum atomic E-state index is 12.4. The molecule has 26 heavy (non-hydrogen) atoms. The van der Waals surface area contributed by atoms with Crippen LogP contribution in [0.1, 0.15) is 5.56 Å². The molecule has 0 bridgehead atoms. The van der Waals surface area contributed by atoms with Crippen molar-refractivity contribution < 1.29 is 4.79 Å². The van der Waals surface area contributed by atoms with E-state index in [1.807, 2.05) is 30.3 Å². The van der Waals surface area contributed by atoms with Gasteiger partial charge in [-0.15, -0.1) is 0 Å². The van der Waals surface area contributed by atoms with Crippen LogP contribution in [-0.4, -0.2) is 29.2 Å². The summed E-state index contributed by atoms with van der Waals surface area (Å²) in [5.41, 5.74) is 3.83. The summed E-state index contributed by atoms with van der Waals surface area (Å²) < 4.78 is 0. The first-order valence-corrected chi connectivity index (χ1v) is 9.00. The molecular weight excluding hydrogens is 371 g/mol. The predicted molar refractivity (Wildman–Crippen MR) is 105 cm³/mol. The van der Waals surface area contributed by atoms with E-state index in [4.69, 9.17) is 23.2 Å². The second-order valence-corrected chi connectivity index (χ2v) is 6.90. The number of hydrogen-bond donors (Lipinski definition) is 2. The molecular formula is C19H16Cl2N4O. The topological polar surface area (TPSA) is 61.0 Å². The Labute approximate surface area is 160 Å². The number of carbonyl (C=O) groups excluding carboxylic acids is 1. The molecule has 0 atom stereocenters. The molecule has 2 N–H and O–H groups in total. The van der Waals surface area contributed by atoms with E-state index in [1.165, 1.54) is 5.56 Å². The molecule has 1 aromatic heterocycles. The summed E-state index contributed by atoms with van der Waals surface area (Å²) in [4.78, 5) is 14.5. The molecule has 1 aliphatic rings. The number of anilines is 2. The molecule has 1 aliphatic heterocycles. The predicted octanol–water partition coefficient (Wildman–Crippen LogP) is 4.38. The number of aromatic nitrogens is 2. The third-order valence-electron chi connectivity index (χ3n) is 4.40. The number of fused-ring (bicyclic) bond motifs is 1. The largest absolute Gasteiger partial charge is 0.362 e. The van der Waals surface area contributed by atoms with Gasteiger partial charge in [0.25, 0.3) is 0 Å². The minimum atomic E-state index is -0.114. The van der Waals surface area contributed by atoms with E-state index in [-0.39, 0.29) is 12.5 Å². The van der Waals surface area contributed by atoms with Gasteiger partial charge < -0.3 is 10.2 Å². The molecule has 7 heteroatoms. The van der Waals surface area contributed by atoms with Crippen LogP contribution in [0.15, 0.2) is 48.5 Å². The van der Waals surface area contributed by atoms with E-state index in [1.54, 1.807) is 12.1 Å². The van der Waals surface area contributed by atoms with Crippen LogP contribution in [0, 0.1) is 0 Å². The smallest absolute Gasteiger partial charge is 0.245 e. The van der Waals surface area contributed by atoms with Crippen molar-refractivity contribution in [2.24, 2.45) is 0 Å². The van der Waals surface area contributed by atoms with Gasteiger partial charge in [0.05, 0.1) is 22.3 Å². The lowest BCUT2D eigenvalue weighted by Gasteiger charge is -2.18. The maximum Gasteiger partial charge on any atom is 0.245 e. The number of nitrogens with zero attached hydrogens (tertiary/aromatic N) is 2. The summed E-state index contributed by atoms with van der Waals surface area (Å²) in [5.74, 6) is 0.338. The SMILES string of the molecule is O=C(CN1CCc2ccccc21)Nc1cc(-c2cccc(Cl)c2Cl)[nH]n1. The Morgan fingerprint density at radius 1 is 1.19 bits per heavy atom. The Hall–Kier alpha value is -2.50. The van der Waals surface area contributed by atoms with Crippen molar-refractivity contribution in [1.29, 1.82) is 0 Å². The fourth-order valence-corrected chi connectivity index (χ4v) is 3.56. The van der Waals surface area contributed by atoms with Gasteiger partial charge in [0.2, 0.25) is 5.91 Å². The molecule has 1 amide bonds. The van der Waals surface area contributed by atoms with Gasteiger partial charge in [0.1, 0.15) is 0 Å². The third-order valence-corrected chi connectivity index (χ3v) is 5.22. The van der Waals surface area contributed by atoms with Gasteiger partial charge in [-0.1, -0.05) is 53.5 Å². The molecule has 0 saturated heterocycles. The van der Waals surface area contributed by atoms with Crippen LogP contribution in [-0.2, 0) is 11.2 Å². The fourth-order valence-electron chi connectivity index (χ4n) is 3.16. The fraction of sp³-hybridized carbons (Fsp3) is 0.158. The number of carbonyl (C=O) groups is 1. The molecule has 2 aromatic carbocycles. The summed E-state index contributed by atoms with van der Waals surface area (Å²) in [5, 5.41) is 10.8. The average molecular weight is 387 g/mol. The summed E-state index contributed by atoms with van der Waals surface area (Å²) in [6, 6.07) is 15.3. The molecule has 0 unspecified atom stereocenters. The van der Waals surface area contributed by atoms with E-state index in [2.05, 4.69) is 26.5 Å². The maximum absolute atomic E-state index is 12.4. The highest BCUT2D eigenvalue weighted by molar-refractivity contribution is 6.43. The molecule has 5 nitrogen and oxygen atoms in total. The first-order valence-electron chi connectivity index (χ1n) is 8.24. The van der Waals surface area contributed by atoms with E-state index < -0.39 is 0 Å². The first kappa shape index (κ1) is 16.9. The summed E-state index contributed by atoms with van der Waals surface area (Å²) in [6.45, 7) is 1.13. The molecule has 0 radical (unpaired) electrons. The van der Waals surface area contributed by atoms with Crippen molar-refractivity contribution in [2.45, 2.75) is 6.42 Å². The van der Waals surface area contributed by atoms with Gasteiger partial charge in [-0.3, -0.25) is 9.89 Å². The van der Waals surface area contributed by atoms with Crippen LogP contribution in [0.2, 0.25) is 10.0 Å². The molecule has 3 aromatic rings. The zero-order valence-corrected chi connectivity index (χ0v) is 15.3. The molecule has 0 fully saturated rings. The van der Waals surface area contributed by atoms with E-state index in [0.29, 0.717) is 21.6 Å². The van der Waals surface area contributed by atoms with Gasteiger partial charge >= 0.3 is 0 Å². The Morgan fingerprint density at radius 3 is 2.92 bits per heavy atom. The van der Waals surface area contributed by atoms with Crippen LogP contribution >= 0.6 is 23.2 Å². The van der Waals surface area contributed by atoms with Crippen LogP contribution in [0.3, 0.4) is 0 Å². The Bertz CT molecular complexity index is 970.